The zero-order chi connectivity index (χ0) is 13.9. The van der Waals surface area contributed by atoms with Gasteiger partial charge in [-0.15, -0.1) is 0 Å². The summed E-state index contributed by atoms with van der Waals surface area (Å²) in [5.41, 5.74) is 6.36. The summed E-state index contributed by atoms with van der Waals surface area (Å²) < 4.78 is 10.5. The van der Waals surface area contributed by atoms with Crippen LogP contribution in [-0.2, 0) is 0 Å². The van der Waals surface area contributed by atoms with Gasteiger partial charge in [0.15, 0.2) is 11.5 Å². The van der Waals surface area contributed by atoms with E-state index in [9.17, 15) is 0 Å². The third kappa shape index (κ3) is 2.74. The fraction of sp³-hybridized carbons (Fsp3) is 0.500. The average molecular weight is 261 g/mol. The van der Waals surface area contributed by atoms with Crippen LogP contribution in [-0.4, -0.2) is 32.8 Å². The number of ether oxygens (including phenoxy) is 2. The van der Waals surface area contributed by atoms with Crippen LogP contribution >= 0.6 is 0 Å². The van der Waals surface area contributed by atoms with Gasteiger partial charge in [-0.1, -0.05) is 0 Å². The van der Waals surface area contributed by atoms with Crippen LogP contribution in [0, 0.1) is 11.3 Å². The standard InChI is InChI=1S/C14H19N3O2/c1-18-12-4-3-11(9-13(12)19-2)17-7-5-14(16,10-15)6-8-17/h3-4,9H,5-8,16H2,1-2H3. The van der Waals surface area contributed by atoms with E-state index in [0.717, 1.165) is 18.8 Å². The molecule has 2 rings (SSSR count). The molecule has 0 spiro atoms. The normalized spacial score (nSPS) is 17.7. The first-order chi connectivity index (χ1) is 9.11. The van der Waals surface area contributed by atoms with Gasteiger partial charge in [0, 0.05) is 24.8 Å². The molecule has 19 heavy (non-hydrogen) atoms. The van der Waals surface area contributed by atoms with Gasteiger partial charge in [-0.3, -0.25) is 0 Å². The molecule has 0 saturated carbocycles. The lowest BCUT2D eigenvalue weighted by atomic mass is 9.90. The van der Waals surface area contributed by atoms with Crippen molar-refractivity contribution in [3.8, 4) is 17.6 Å². The molecule has 102 valence electrons. The number of nitrogens with two attached hydrogens (primary N) is 1. The van der Waals surface area contributed by atoms with Crippen LogP contribution in [0.15, 0.2) is 18.2 Å². The van der Waals surface area contributed by atoms with Gasteiger partial charge >= 0.3 is 0 Å². The highest BCUT2D eigenvalue weighted by molar-refractivity contribution is 5.56. The van der Waals surface area contributed by atoms with Gasteiger partial charge in [0.25, 0.3) is 0 Å². The first-order valence-corrected chi connectivity index (χ1v) is 6.29. The maximum Gasteiger partial charge on any atom is 0.162 e. The second-order valence-electron chi connectivity index (χ2n) is 4.79. The fourth-order valence-electron chi connectivity index (χ4n) is 2.30. The lowest BCUT2D eigenvalue weighted by Gasteiger charge is -2.36. The molecule has 1 aromatic rings. The maximum atomic E-state index is 9.03. The number of benzene rings is 1. The molecule has 0 unspecified atom stereocenters. The van der Waals surface area contributed by atoms with Crippen LogP contribution in [0.1, 0.15) is 12.8 Å². The summed E-state index contributed by atoms with van der Waals surface area (Å²) in [6, 6.07) is 8.04. The van der Waals surface area contributed by atoms with E-state index in [1.54, 1.807) is 14.2 Å². The molecule has 0 radical (unpaired) electrons. The molecule has 1 aromatic carbocycles. The number of methoxy groups -OCH3 is 2. The van der Waals surface area contributed by atoms with E-state index >= 15 is 0 Å². The van der Waals surface area contributed by atoms with Crippen LogP contribution < -0.4 is 20.1 Å². The second-order valence-corrected chi connectivity index (χ2v) is 4.79. The zero-order valence-electron chi connectivity index (χ0n) is 11.3. The first-order valence-electron chi connectivity index (χ1n) is 6.29. The van der Waals surface area contributed by atoms with E-state index in [4.69, 9.17) is 20.5 Å². The molecule has 0 amide bonds. The van der Waals surface area contributed by atoms with E-state index in [1.807, 2.05) is 18.2 Å². The summed E-state index contributed by atoms with van der Waals surface area (Å²) in [4.78, 5) is 2.21. The Bertz CT molecular complexity index is 488. The van der Waals surface area contributed by atoms with Crippen molar-refractivity contribution >= 4 is 5.69 Å². The van der Waals surface area contributed by atoms with Gasteiger partial charge in [0.1, 0.15) is 5.54 Å². The first kappa shape index (κ1) is 13.5. The highest BCUT2D eigenvalue weighted by atomic mass is 16.5. The minimum absolute atomic E-state index is 0.674. The summed E-state index contributed by atoms with van der Waals surface area (Å²) in [6.07, 6.45) is 1.36. The number of nitrogens with zero attached hydrogens (tertiary/aromatic N) is 2. The molecule has 1 aliphatic rings. The van der Waals surface area contributed by atoms with Gasteiger partial charge in [-0.25, -0.2) is 0 Å². The molecular formula is C14H19N3O2. The number of anilines is 1. The van der Waals surface area contributed by atoms with Crippen LogP contribution in [0.25, 0.3) is 0 Å². The van der Waals surface area contributed by atoms with Crippen molar-refractivity contribution < 1.29 is 9.47 Å². The summed E-state index contributed by atoms with van der Waals surface area (Å²) in [6.45, 7) is 1.55. The van der Waals surface area contributed by atoms with Crippen molar-refractivity contribution in [2.24, 2.45) is 5.73 Å². The minimum atomic E-state index is -0.674. The van der Waals surface area contributed by atoms with Gasteiger partial charge in [0.05, 0.1) is 20.3 Å². The number of hydrogen-bond acceptors (Lipinski definition) is 5. The predicted molar refractivity (Wildman–Crippen MR) is 73.5 cm³/mol. The Morgan fingerprint density at radius 2 is 1.84 bits per heavy atom. The largest absolute Gasteiger partial charge is 0.493 e. The lowest BCUT2D eigenvalue weighted by Crippen LogP contribution is -2.49. The molecule has 0 bridgehead atoms. The Kier molecular flexibility index (Phi) is 3.82. The van der Waals surface area contributed by atoms with Crippen molar-refractivity contribution in [1.82, 2.24) is 0 Å². The molecule has 0 aromatic heterocycles. The Hall–Kier alpha value is -1.93. The number of nitriles is 1. The van der Waals surface area contributed by atoms with Gasteiger partial charge in [-0.05, 0) is 25.0 Å². The Morgan fingerprint density at radius 1 is 1.21 bits per heavy atom. The molecule has 0 aliphatic carbocycles. The smallest absolute Gasteiger partial charge is 0.162 e. The van der Waals surface area contributed by atoms with E-state index < -0.39 is 5.54 Å². The van der Waals surface area contributed by atoms with Crippen molar-refractivity contribution in [2.45, 2.75) is 18.4 Å². The highest BCUT2D eigenvalue weighted by Gasteiger charge is 2.30. The Morgan fingerprint density at radius 3 is 2.37 bits per heavy atom. The molecule has 1 heterocycles. The van der Waals surface area contributed by atoms with Gasteiger partial charge in [0.2, 0.25) is 0 Å². The van der Waals surface area contributed by atoms with Crippen molar-refractivity contribution in [3.63, 3.8) is 0 Å². The molecule has 0 atom stereocenters. The lowest BCUT2D eigenvalue weighted by molar-refractivity contribution is 0.354. The molecule has 2 N–H and O–H groups in total. The average Bonchev–Trinajstić information content (AvgIpc) is 2.47. The monoisotopic (exact) mass is 261 g/mol. The van der Waals surface area contributed by atoms with E-state index in [0.29, 0.717) is 24.3 Å². The molecule has 5 heteroatoms. The van der Waals surface area contributed by atoms with Crippen molar-refractivity contribution in [2.75, 3.05) is 32.2 Å². The summed E-state index contributed by atoms with van der Waals surface area (Å²) in [7, 11) is 3.24. The second kappa shape index (κ2) is 5.37. The topological polar surface area (TPSA) is 71.5 Å². The third-order valence-corrected chi connectivity index (χ3v) is 3.61. The van der Waals surface area contributed by atoms with Crippen LogP contribution in [0.5, 0.6) is 11.5 Å². The van der Waals surface area contributed by atoms with Crippen LogP contribution in [0.4, 0.5) is 5.69 Å². The van der Waals surface area contributed by atoms with Gasteiger partial charge in [-0.2, -0.15) is 5.26 Å². The van der Waals surface area contributed by atoms with Gasteiger partial charge < -0.3 is 20.1 Å². The SMILES string of the molecule is COc1ccc(N2CCC(N)(C#N)CC2)cc1OC. The van der Waals surface area contributed by atoms with Crippen LogP contribution in [0.3, 0.4) is 0 Å². The summed E-state index contributed by atoms with van der Waals surface area (Å²) in [5.74, 6) is 1.43. The molecule has 5 nitrogen and oxygen atoms in total. The quantitative estimate of drug-likeness (QED) is 0.893. The summed E-state index contributed by atoms with van der Waals surface area (Å²) in [5, 5.41) is 9.03. The van der Waals surface area contributed by atoms with E-state index in [1.165, 1.54) is 0 Å². The minimum Gasteiger partial charge on any atom is -0.493 e. The maximum absolute atomic E-state index is 9.03. The Labute approximate surface area is 113 Å². The van der Waals surface area contributed by atoms with Crippen LogP contribution in [0.2, 0.25) is 0 Å². The van der Waals surface area contributed by atoms with E-state index in [2.05, 4.69) is 11.0 Å². The molecule has 1 saturated heterocycles. The summed E-state index contributed by atoms with van der Waals surface area (Å²) >= 11 is 0. The predicted octanol–water partition coefficient (Wildman–Crippen LogP) is 1.53. The molecule has 1 fully saturated rings. The Balaban J connectivity index is 2.14. The number of piperidine rings is 1. The molecular weight excluding hydrogens is 242 g/mol. The number of rotatable bonds is 3. The molecule has 1 aliphatic heterocycles. The van der Waals surface area contributed by atoms with E-state index in [-0.39, 0.29) is 0 Å². The fourth-order valence-corrected chi connectivity index (χ4v) is 2.30. The highest BCUT2D eigenvalue weighted by Crippen LogP contribution is 2.33. The zero-order valence-corrected chi connectivity index (χ0v) is 11.3. The van der Waals surface area contributed by atoms with Crippen molar-refractivity contribution in [3.05, 3.63) is 18.2 Å². The van der Waals surface area contributed by atoms with Crippen molar-refractivity contribution in [1.29, 1.82) is 5.26 Å². The third-order valence-electron chi connectivity index (χ3n) is 3.61. The number of hydrogen-bond donors (Lipinski definition) is 1.